The molecule has 3 aromatic heterocycles. The number of carboxylic acid groups (broad SMARTS) is 1. The van der Waals surface area contributed by atoms with E-state index in [1.807, 2.05) is 70.1 Å². The van der Waals surface area contributed by atoms with E-state index in [1.54, 1.807) is 12.1 Å². The quantitative estimate of drug-likeness (QED) is 0.317. The molecule has 0 spiro atoms. The molecule has 0 unspecified atom stereocenters. The van der Waals surface area contributed by atoms with Crippen molar-refractivity contribution in [3.8, 4) is 23.1 Å². The third-order valence-corrected chi connectivity index (χ3v) is 5.49. The molecule has 0 bridgehead atoms. The molecule has 4 rings (SSSR count). The Hall–Kier alpha value is -4.18. The first-order chi connectivity index (χ1) is 16.1. The summed E-state index contributed by atoms with van der Waals surface area (Å²) in [5.74, 6) is 5.63. The van der Waals surface area contributed by atoms with E-state index < -0.39 is 17.5 Å². The van der Waals surface area contributed by atoms with Crippen molar-refractivity contribution < 1.29 is 14.3 Å². The van der Waals surface area contributed by atoms with Crippen LogP contribution in [0.4, 0.5) is 14.9 Å². The molecular weight excluding hydrogens is 431 g/mol. The average Bonchev–Trinajstić information content (AvgIpc) is 3.12. The summed E-state index contributed by atoms with van der Waals surface area (Å²) in [6.07, 6.45) is 0.204. The van der Waals surface area contributed by atoms with Crippen molar-refractivity contribution in [2.45, 2.75) is 26.2 Å². The lowest BCUT2D eigenvalue weighted by atomic mass is 9.85. The number of halogens is 1. The number of anilines is 1. The van der Waals surface area contributed by atoms with Crippen LogP contribution < -0.4 is 4.90 Å². The zero-order valence-electron chi connectivity index (χ0n) is 19.7. The van der Waals surface area contributed by atoms with Crippen LogP contribution in [0.5, 0.6) is 0 Å². The van der Waals surface area contributed by atoms with Crippen molar-refractivity contribution in [2.75, 3.05) is 19.0 Å². The third kappa shape index (κ3) is 4.35. The maximum absolute atomic E-state index is 13.3. The molecule has 0 aliphatic carbocycles. The normalized spacial score (nSPS) is 11.2. The van der Waals surface area contributed by atoms with Crippen molar-refractivity contribution in [3.63, 3.8) is 0 Å². The highest BCUT2D eigenvalue weighted by atomic mass is 19.1. The highest BCUT2D eigenvalue weighted by Crippen LogP contribution is 2.36. The SMILES string of the molecule is CN(C)c1ccc(C#Cc2c(C(C)(C)C)c3ccc(-c4ccc(F)nc4)nc3n2C(=O)O)cc1. The molecule has 0 saturated carbocycles. The molecule has 0 fully saturated rings. The van der Waals surface area contributed by atoms with Gasteiger partial charge in [-0.1, -0.05) is 26.7 Å². The molecular formula is C27H25FN4O2. The van der Waals surface area contributed by atoms with Gasteiger partial charge in [0.1, 0.15) is 5.69 Å². The summed E-state index contributed by atoms with van der Waals surface area (Å²) in [5, 5.41) is 10.8. The van der Waals surface area contributed by atoms with Gasteiger partial charge in [0.15, 0.2) is 5.65 Å². The smallest absolute Gasteiger partial charge is 0.418 e. The van der Waals surface area contributed by atoms with Gasteiger partial charge in [0.05, 0.1) is 5.69 Å². The minimum absolute atomic E-state index is 0.284. The fraction of sp³-hybridized carbons (Fsp3) is 0.222. The molecule has 6 nitrogen and oxygen atoms in total. The predicted molar refractivity (Wildman–Crippen MR) is 132 cm³/mol. The number of hydrogen-bond acceptors (Lipinski definition) is 4. The van der Waals surface area contributed by atoms with Gasteiger partial charge in [-0.3, -0.25) is 0 Å². The van der Waals surface area contributed by atoms with E-state index in [2.05, 4.69) is 21.8 Å². The highest BCUT2D eigenvalue weighted by molar-refractivity contribution is 5.94. The Kier molecular flexibility index (Phi) is 5.84. The van der Waals surface area contributed by atoms with Crippen LogP contribution in [0.25, 0.3) is 22.3 Å². The lowest BCUT2D eigenvalue weighted by Crippen LogP contribution is -2.16. The first-order valence-corrected chi connectivity index (χ1v) is 10.8. The van der Waals surface area contributed by atoms with Gasteiger partial charge in [-0.15, -0.1) is 0 Å². The van der Waals surface area contributed by atoms with E-state index >= 15 is 0 Å². The third-order valence-electron chi connectivity index (χ3n) is 5.49. The molecule has 7 heteroatoms. The van der Waals surface area contributed by atoms with Crippen LogP contribution in [0.2, 0.25) is 0 Å². The number of hydrogen-bond donors (Lipinski definition) is 1. The minimum atomic E-state index is -1.17. The van der Waals surface area contributed by atoms with E-state index in [0.29, 0.717) is 22.3 Å². The Morgan fingerprint density at radius 2 is 1.74 bits per heavy atom. The summed E-state index contributed by atoms with van der Waals surface area (Å²) in [7, 11) is 3.93. The maximum atomic E-state index is 13.3. The zero-order valence-corrected chi connectivity index (χ0v) is 19.7. The molecule has 0 saturated heterocycles. The van der Waals surface area contributed by atoms with Crippen molar-refractivity contribution in [1.29, 1.82) is 0 Å². The van der Waals surface area contributed by atoms with Gasteiger partial charge in [-0.05, 0) is 59.9 Å². The maximum Gasteiger partial charge on any atom is 0.418 e. The monoisotopic (exact) mass is 456 g/mol. The lowest BCUT2D eigenvalue weighted by molar-refractivity contribution is 0.197. The van der Waals surface area contributed by atoms with Gasteiger partial charge in [0.2, 0.25) is 5.95 Å². The van der Waals surface area contributed by atoms with Crippen LogP contribution >= 0.6 is 0 Å². The first-order valence-electron chi connectivity index (χ1n) is 10.8. The van der Waals surface area contributed by atoms with E-state index in [9.17, 15) is 14.3 Å². The largest absolute Gasteiger partial charge is 0.464 e. The average molecular weight is 457 g/mol. The van der Waals surface area contributed by atoms with Crippen molar-refractivity contribution in [3.05, 3.63) is 77.5 Å². The molecule has 1 aromatic carbocycles. The minimum Gasteiger partial charge on any atom is -0.464 e. The second-order valence-electron chi connectivity index (χ2n) is 9.22. The number of carbonyl (C=O) groups is 1. The summed E-state index contributed by atoms with van der Waals surface area (Å²) in [6.45, 7) is 6.05. The molecule has 4 aromatic rings. The Bertz CT molecular complexity index is 1440. The van der Waals surface area contributed by atoms with Gasteiger partial charge < -0.3 is 10.0 Å². The van der Waals surface area contributed by atoms with Gasteiger partial charge in [-0.2, -0.15) is 4.39 Å². The van der Waals surface area contributed by atoms with Crippen LogP contribution in [0, 0.1) is 17.8 Å². The summed E-state index contributed by atoms with van der Waals surface area (Å²) >= 11 is 0. The fourth-order valence-electron chi connectivity index (χ4n) is 3.89. The Balaban J connectivity index is 1.94. The number of benzene rings is 1. The van der Waals surface area contributed by atoms with E-state index in [0.717, 1.165) is 21.4 Å². The summed E-state index contributed by atoms with van der Waals surface area (Å²) in [6, 6.07) is 14.2. The lowest BCUT2D eigenvalue weighted by Gasteiger charge is -2.19. The van der Waals surface area contributed by atoms with E-state index in [1.165, 1.54) is 12.3 Å². The summed E-state index contributed by atoms with van der Waals surface area (Å²) in [5.41, 5.74) is 4.00. The van der Waals surface area contributed by atoms with Gasteiger partial charge in [-0.25, -0.2) is 19.3 Å². The highest BCUT2D eigenvalue weighted by Gasteiger charge is 2.29. The van der Waals surface area contributed by atoms with E-state index in [-0.39, 0.29) is 5.65 Å². The number of rotatable bonds is 2. The predicted octanol–water partition coefficient (Wildman–Crippen LogP) is 5.53. The molecule has 1 N–H and O–H groups in total. The fourth-order valence-corrected chi connectivity index (χ4v) is 3.89. The topological polar surface area (TPSA) is 71.2 Å². The summed E-state index contributed by atoms with van der Waals surface area (Å²) < 4.78 is 14.4. The molecule has 0 radical (unpaired) electrons. The second kappa shape index (κ2) is 8.64. The van der Waals surface area contributed by atoms with Crippen molar-refractivity contribution >= 4 is 22.8 Å². The molecule has 0 atom stereocenters. The van der Waals surface area contributed by atoms with Gasteiger partial charge >= 0.3 is 6.09 Å². The van der Waals surface area contributed by atoms with Crippen molar-refractivity contribution in [2.24, 2.45) is 0 Å². The van der Waals surface area contributed by atoms with Crippen LogP contribution in [0.1, 0.15) is 37.6 Å². The number of fused-ring (bicyclic) bond motifs is 1. The molecule has 0 amide bonds. The number of nitrogens with zero attached hydrogens (tertiary/aromatic N) is 4. The standard InChI is InChI=1S/C27H25FN4O2/c1-27(2,3)24-20-12-13-21(18-9-15-23(28)29-16-18)30-25(20)32(26(33)34)22(24)14-8-17-6-10-19(11-7-17)31(4)5/h6-7,9-13,15-16H,1-5H3,(H,33,34). The number of pyridine rings is 2. The molecule has 34 heavy (non-hydrogen) atoms. The van der Waals surface area contributed by atoms with Crippen molar-refractivity contribution in [1.82, 2.24) is 14.5 Å². The molecule has 172 valence electrons. The number of aromatic nitrogens is 3. The second-order valence-corrected chi connectivity index (χ2v) is 9.22. The first kappa shape index (κ1) is 23.0. The molecule has 3 heterocycles. The van der Waals surface area contributed by atoms with Gasteiger partial charge in [0.25, 0.3) is 0 Å². The van der Waals surface area contributed by atoms with Crippen LogP contribution in [-0.2, 0) is 5.41 Å². The van der Waals surface area contributed by atoms with Crippen LogP contribution in [0.3, 0.4) is 0 Å². The molecule has 0 aliphatic heterocycles. The molecule has 0 aliphatic rings. The summed E-state index contributed by atoms with van der Waals surface area (Å²) in [4.78, 5) is 22.7. The van der Waals surface area contributed by atoms with E-state index in [4.69, 9.17) is 0 Å². The van der Waals surface area contributed by atoms with Crippen LogP contribution in [0.15, 0.2) is 54.7 Å². The Labute approximate surface area is 197 Å². The van der Waals surface area contributed by atoms with Gasteiger partial charge in [0, 0.05) is 48.1 Å². The zero-order chi connectivity index (χ0) is 24.6. The Morgan fingerprint density at radius 3 is 2.29 bits per heavy atom. The van der Waals surface area contributed by atoms with Crippen LogP contribution in [-0.4, -0.2) is 39.8 Å². The Morgan fingerprint density at radius 1 is 1.03 bits per heavy atom.